The molecule has 0 atom stereocenters. The molecule has 3 aromatic heterocycles. The van der Waals surface area contributed by atoms with Gasteiger partial charge in [-0.1, -0.05) is 36.4 Å². The topological polar surface area (TPSA) is 75.8 Å². The van der Waals surface area contributed by atoms with Crippen LogP contribution >= 0.6 is 11.3 Å². The van der Waals surface area contributed by atoms with E-state index in [2.05, 4.69) is 15.5 Å². The van der Waals surface area contributed by atoms with E-state index in [0.29, 0.717) is 11.3 Å². The quantitative estimate of drug-likeness (QED) is 0.294. The lowest BCUT2D eigenvalue weighted by Gasteiger charge is -2.03. The predicted octanol–water partition coefficient (Wildman–Crippen LogP) is 3.94. The third kappa shape index (κ3) is 3.92. The molecule has 6 nitrogen and oxygen atoms in total. The Bertz CT molecular complexity index is 1250. The van der Waals surface area contributed by atoms with Crippen LogP contribution < -0.4 is 5.43 Å². The molecular weight excluding hydrogens is 396 g/mol. The van der Waals surface area contributed by atoms with Gasteiger partial charge in [-0.3, -0.25) is 9.59 Å². The minimum absolute atomic E-state index is 0.0584. The van der Waals surface area contributed by atoms with Crippen LogP contribution in [0, 0.1) is 13.8 Å². The highest BCUT2D eigenvalue weighted by Gasteiger charge is 2.20. The first-order chi connectivity index (χ1) is 14.5. The molecule has 0 fully saturated rings. The molecule has 1 amide bonds. The van der Waals surface area contributed by atoms with E-state index in [4.69, 9.17) is 0 Å². The maximum atomic E-state index is 13.1. The van der Waals surface area contributed by atoms with Crippen molar-refractivity contribution in [3.8, 4) is 0 Å². The fourth-order valence-corrected chi connectivity index (χ4v) is 4.00. The molecule has 4 rings (SSSR count). The van der Waals surface area contributed by atoms with Crippen LogP contribution in [0.4, 0.5) is 0 Å². The SMILES string of the molecule is Cc1nc(CC(=O)N/N=C\c2c(C)c(C(=O)c3ccccc3)n3ccccc23)cs1. The molecule has 150 valence electrons. The Morgan fingerprint density at radius 3 is 2.63 bits per heavy atom. The number of fused-ring (bicyclic) bond motifs is 1. The zero-order valence-electron chi connectivity index (χ0n) is 16.6. The molecule has 7 heteroatoms. The van der Waals surface area contributed by atoms with Crippen LogP contribution in [0.2, 0.25) is 0 Å². The largest absolute Gasteiger partial charge is 0.313 e. The first-order valence-electron chi connectivity index (χ1n) is 9.47. The summed E-state index contributed by atoms with van der Waals surface area (Å²) in [5, 5.41) is 6.92. The van der Waals surface area contributed by atoms with Crippen LogP contribution in [-0.4, -0.2) is 27.3 Å². The summed E-state index contributed by atoms with van der Waals surface area (Å²) in [5.41, 5.74) is 6.94. The second kappa shape index (κ2) is 8.42. The van der Waals surface area contributed by atoms with Crippen LogP contribution in [-0.2, 0) is 11.2 Å². The van der Waals surface area contributed by atoms with E-state index in [0.717, 1.165) is 27.3 Å². The van der Waals surface area contributed by atoms with Crippen molar-refractivity contribution in [3.63, 3.8) is 0 Å². The summed E-state index contributed by atoms with van der Waals surface area (Å²) in [6.07, 6.45) is 3.63. The van der Waals surface area contributed by atoms with Crippen molar-refractivity contribution in [2.75, 3.05) is 0 Å². The number of amides is 1. The van der Waals surface area contributed by atoms with E-state index >= 15 is 0 Å². The second-order valence-corrected chi connectivity index (χ2v) is 7.93. The lowest BCUT2D eigenvalue weighted by molar-refractivity contribution is -0.120. The van der Waals surface area contributed by atoms with Crippen molar-refractivity contribution in [1.29, 1.82) is 0 Å². The van der Waals surface area contributed by atoms with E-state index in [1.165, 1.54) is 11.3 Å². The van der Waals surface area contributed by atoms with E-state index < -0.39 is 0 Å². The van der Waals surface area contributed by atoms with Crippen molar-refractivity contribution in [2.45, 2.75) is 20.3 Å². The fourth-order valence-electron chi connectivity index (χ4n) is 3.39. The lowest BCUT2D eigenvalue weighted by atomic mass is 10.0. The van der Waals surface area contributed by atoms with Crippen LogP contribution in [0.1, 0.15) is 37.9 Å². The van der Waals surface area contributed by atoms with Gasteiger partial charge < -0.3 is 4.40 Å². The van der Waals surface area contributed by atoms with Crippen molar-refractivity contribution in [3.05, 3.63) is 93.2 Å². The number of carbonyl (C=O) groups is 2. The number of nitrogens with one attached hydrogen (secondary N) is 1. The highest BCUT2D eigenvalue weighted by molar-refractivity contribution is 7.09. The molecule has 0 bridgehead atoms. The molecule has 0 saturated heterocycles. The van der Waals surface area contributed by atoms with Gasteiger partial charge in [-0.2, -0.15) is 5.10 Å². The maximum Gasteiger partial charge on any atom is 0.246 e. The number of thiazole rings is 1. The van der Waals surface area contributed by atoms with Crippen molar-refractivity contribution >= 4 is 34.8 Å². The number of hydrogen-bond acceptors (Lipinski definition) is 5. The summed E-state index contributed by atoms with van der Waals surface area (Å²) in [6, 6.07) is 14.9. The van der Waals surface area contributed by atoms with E-state index in [9.17, 15) is 9.59 Å². The van der Waals surface area contributed by atoms with Gasteiger partial charge >= 0.3 is 0 Å². The number of nitrogens with zero attached hydrogens (tertiary/aromatic N) is 3. The van der Waals surface area contributed by atoms with E-state index in [-0.39, 0.29) is 18.1 Å². The van der Waals surface area contributed by atoms with Crippen LogP contribution in [0.3, 0.4) is 0 Å². The van der Waals surface area contributed by atoms with E-state index in [1.807, 2.05) is 66.2 Å². The molecule has 0 aliphatic carbocycles. The molecular formula is C23H20N4O2S. The van der Waals surface area contributed by atoms with Crippen molar-refractivity contribution < 1.29 is 9.59 Å². The number of benzene rings is 1. The third-order valence-corrected chi connectivity index (χ3v) is 5.60. The Labute approximate surface area is 177 Å². The Morgan fingerprint density at radius 1 is 1.13 bits per heavy atom. The third-order valence-electron chi connectivity index (χ3n) is 4.78. The molecule has 30 heavy (non-hydrogen) atoms. The first-order valence-corrected chi connectivity index (χ1v) is 10.3. The standard InChI is InChI=1S/C23H20N4O2S/c1-15-19(13-24-26-21(28)12-18-14-30-16(2)25-18)20-10-6-7-11-27(20)22(15)23(29)17-8-4-3-5-9-17/h3-11,13-14H,12H2,1-2H3,(H,26,28)/b24-13-. The summed E-state index contributed by atoms with van der Waals surface area (Å²) >= 11 is 1.51. The van der Waals surface area contributed by atoms with Gasteiger partial charge in [0.2, 0.25) is 11.7 Å². The number of aryl methyl sites for hydroxylation is 1. The Balaban J connectivity index is 1.61. The van der Waals surface area contributed by atoms with Crippen LogP contribution in [0.15, 0.2) is 65.2 Å². The molecule has 4 aromatic rings. The maximum absolute atomic E-state index is 13.1. The zero-order valence-corrected chi connectivity index (χ0v) is 17.4. The molecule has 0 aliphatic rings. The number of carbonyl (C=O) groups excluding carboxylic acids is 2. The lowest BCUT2D eigenvalue weighted by Crippen LogP contribution is -2.20. The average Bonchev–Trinajstić information content (AvgIpc) is 3.28. The molecule has 0 spiro atoms. The highest BCUT2D eigenvalue weighted by Crippen LogP contribution is 2.24. The molecule has 3 heterocycles. The molecule has 0 radical (unpaired) electrons. The molecule has 0 saturated carbocycles. The smallest absolute Gasteiger partial charge is 0.246 e. The van der Waals surface area contributed by atoms with Gasteiger partial charge in [-0.15, -0.1) is 11.3 Å². The number of rotatable bonds is 6. The normalized spacial score (nSPS) is 11.3. The molecule has 1 N–H and O–H groups in total. The van der Waals surface area contributed by atoms with Crippen LogP contribution in [0.5, 0.6) is 0 Å². The Morgan fingerprint density at radius 2 is 1.90 bits per heavy atom. The predicted molar refractivity (Wildman–Crippen MR) is 118 cm³/mol. The van der Waals surface area contributed by atoms with Gasteiger partial charge in [0.25, 0.3) is 0 Å². The van der Waals surface area contributed by atoms with Gasteiger partial charge in [0.05, 0.1) is 34.5 Å². The number of ketones is 1. The minimum atomic E-state index is -0.238. The highest BCUT2D eigenvalue weighted by atomic mass is 32.1. The molecule has 0 aliphatic heterocycles. The van der Waals surface area contributed by atoms with Crippen LogP contribution in [0.25, 0.3) is 5.52 Å². The van der Waals surface area contributed by atoms with E-state index in [1.54, 1.807) is 18.3 Å². The number of aromatic nitrogens is 2. The summed E-state index contributed by atoms with van der Waals surface area (Å²) in [6.45, 7) is 3.80. The minimum Gasteiger partial charge on any atom is -0.313 e. The zero-order chi connectivity index (χ0) is 21.1. The van der Waals surface area contributed by atoms with Crippen molar-refractivity contribution in [1.82, 2.24) is 14.8 Å². The van der Waals surface area contributed by atoms with Gasteiger partial charge in [0, 0.05) is 22.7 Å². The average molecular weight is 417 g/mol. The van der Waals surface area contributed by atoms with Gasteiger partial charge in [-0.05, 0) is 31.5 Å². The molecule has 0 unspecified atom stereocenters. The summed E-state index contributed by atoms with van der Waals surface area (Å²) < 4.78 is 1.87. The summed E-state index contributed by atoms with van der Waals surface area (Å²) in [5.74, 6) is -0.296. The van der Waals surface area contributed by atoms with Crippen molar-refractivity contribution in [2.24, 2.45) is 5.10 Å². The van der Waals surface area contributed by atoms with Gasteiger partial charge in [-0.25, -0.2) is 10.4 Å². The Kier molecular flexibility index (Phi) is 5.54. The molecule has 1 aromatic carbocycles. The summed E-state index contributed by atoms with van der Waals surface area (Å²) in [7, 11) is 0. The first kappa shape index (κ1) is 19.7. The number of hydrogen-bond donors (Lipinski definition) is 1. The van der Waals surface area contributed by atoms with Gasteiger partial charge in [0.15, 0.2) is 0 Å². The Hall–Kier alpha value is -3.58. The van der Waals surface area contributed by atoms with Gasteiger partial charge in [0.1, 0.15) is 0 Å². The number of pyridine rings is 1. The number of hydrazone groups is 1. The fraction of sp³-hybridized carbons (Fsp3) is 0.130. The second-order valence-electron chi connectivity index (χ2n) is 6.87. The summed E-state index contributed by atoms with van der Waals surface area (Å²) in [4.78, 5) is 29.6. The monoisotopic (exact) mass is 416 g/mol.